The third-order valence-electron chi connectivity index (χ3n) is 2.84. The number of hydrogen-bond donors (Lipinski definition) is 2. The monoisotopic (exact) mass is 270 g/mol. The maximum absolute atomic E-state index is 7.43. The second-order valence-corrected chi connectivity index (χ2v) is 4.92. The van der Waals surface area contributed by atoms with Gasteiger partial charge in [0.2, 0.25) is 0 Å². The second kappa shape index (κ2) is 5.69. The number of rotatable bonds is 4. The number of aromatic nitrogens is 2. The second-order valence-electron chi connectivity index (χ2n) is 4.92. The quantitative estimate of drug-likeness (QED) is 0.660. The molecule has 0 aliphatic carbocycles. The van der Waals surface area contributed by atoms with Gasteiger partial charge in [0.05, 0.1) is 0 Å². The van der Waals surface area contributed by atoms with E-state index in [2.05, 4.69) is 29.9 Å². The summed E-state index contributed by atoms with van der Waals surface area (Å²) in [7, 11) is 0. The topological polar surface area (TPSA) is 84.9 Å². The molecule has 1 heterocycles. The molecule has 0 saturated carbocycles. The molecule has 0 aliphatic heterocycles. The van der Waals surface area contributed by atoms with Gasteiger partial charge in [-0.05, 0) is 36.6 Å². The summed E-state index contributed by atoms with van der Waals surface area (Å²) in [5, 5.41) is 7.43. The van der Waals surface area contributed by atoms with Crippen molar-refractivity contribution >= 4 is 5.84 Å². The Morgan fingerprint density at radius 3 is 2.65 bits per heavy atom. The fourth-order valence-corrected chi connectivity index (χ4v) is 1.77. The van der Waals surface area contributed by atoms with Gasteiger partial charge in [0.1, 0.15) is 17.3 Å². The molecule has 0 spiro atoms. The largest absolute Gasteiger partial charge is 0.424 e. The summed E-state index contributed by atoms with van der Waals surface area (Å²) >= 11 is 0. The van der Waals surface area contributed by atoms with Crippen LogP contribution in [-0.4, -0.2) is 15.8 Å². The van der Waals surface area contributed by atoms with E-state index >= 15 is 0 Å². The molecule has 0 aliphatic rings. The lowest BCUT2D eigenvalue weighted by atomic mass is 10.0. The summed E-state index contributed by atoms with van der Waals surface area (Å²) in [4.78, 5) is 8.32. The zero-order chi connectivity index (χ0) is 14.7. The Kier molecular flexibility index (Phi) is 3.98. The van der Waals surface area contributed by atoms with E-state index in [9.17, 15) is 0 Å². The number of hydrogen-bond acceptors (Lipinski definition) is 4. The zero-order valence-electron chi connectivity index (χ0n) is 11.8. The molecule has 20 heavy (non-hydrogen) atoms. The van der Waals surface area contributed by atoms with Crippen LogP contribution in [0.25, 0.3) is 0 Å². The summed E-state index contributed by atoms with van der Waals surface area (Å²) in [6, 6.07) is 9.66. The number of nitrogens with one attached hydrogen (secondary N) is 1. The lowest BCUT2D eigenvalue weighted by Gasteiger charge is -2.09. The summed E-state index contributed by atoms with van der Waals surface area (Å²) in [5.74, 6) is 0.998. The first-order chi connectivity index (χ1) is 9.45. The van der Waals surface area contributed by atoms with Crippen LogP contribution in [-0.2, 0) is 0 Å². The molecule has 0 fully saturated rings. The van der Waals surface area contributed by atoms with E-state index in [4.69, 9.17) is 15.9 Å². The van der Waals surface area contributed by atoms with Crippen molar-refractivity contribution < 1.29 is 4.74 Å². The van der Waals surface area contributed by atoms with Gasteiger partial charge in [0.25, 0.3) is 0 Å². The molecule has 0 radical (unpaired) electrons. The smallest absolute Gasteiger partial charge is 0.322 e. The van der Waals surface area contributed by atoms with Gasteiger partial charge in [0.15, 0.2) is 0 Å². The molecule has 1 aromatic heterocycles. The minimum atomic E-state index is -0.101. The van der Waals surface area contributed by atoms with Crippen LogP contribution in [0.3, 0.4) is 0 Å². The maximum atomic E-state index is 7.43. The molecule has 2 rings (SSSR count). The number of amidine groups is 1. The molecule has 3 N–H and O–H groups in total. The van der Waals surface area contributed by atoms with Crippen molar-refractivity contribution in [3.05, 3.63) is 47.3 Å². The number of nitrogen functional groups attached to an aromatic ring is 1. The maximum Gasteiger partial charge on any atom is 0.322 e. The van der Waals surface area contributed by atoms with Gasteiger partial charge in [-0.1, -0.05) is 26.0 Å². The van der Waals surface area contributed by atoms with Crippen molar-refractivity contribution in [2.45, 2.75) is 26.7 Å². The van der Waals surface area contributed by atoms with Gasteiger partial charge >= 0.3 is 6.01 Å². The average Bonchev–Trinajstić information content (AvgIpc) is 2.38. The molecule has 0 atom stereocenters. The first-order valence-corrected chi connectivity index (χ1v) is 6.43. The Morgan fingerprint density at radius 2 is 2.00 bits per heavy atom. The molecule has 1 aromatic carbocycles. The highest BCUT2D eigenvalue weighted by Crippen LogP contribution is 2.23. The van der Waals surface area contributed by atoms with Gasteiger partial charge < -0.3 is 10.5 Å². The normalized spacial score (nSPS) is 10.6. The molecule has 5 heteroatoms. The van der Waals surface area contributed by atoms with Gasteiger partial charge in [-0.3, -0.25) is 5.41 Å². The minimum absolute atomic E-state index is 0.101. The predicted octanol–water partition coefficient (Wildman–Crippen LogP) is 2.98. The molecule has 0 saturated heterocycles. The lowest BCUT2D eigenvalue weighted by Crippen LogP contribution is -2.14. The van der Waals surface area contributed by atoms with E-state index in [1.165, 1.54) is 5.56 Å². The minimum Gasteiger partial charge on any atom is -0.424 e. The van der Waals surface area contributed by atoms with Crippen molar-refractivity contribution in [1.29, 1.82) is 5.41 Å². The Bertz CT molecular complexity index is 638. The van der Waals surface area contributed by atoms with Crippen molar-refractivity contribution in [2.24, 2.45) is 5.73 Å². The van der Waals surface area contributed by atoms with Crippen LogP contribution in [0.5, 0.6) is 11.8 Å². The molecule has 0 bridgehead atoms. The summed E-state index contributed by atoms with van der Waals surface area (Å²) < 4.78 is 5.67. The Hall–Kier alpha value is -2.43. The Balaban J connectivity index is 2.30. The fraction of sp³-hybridized carbons (Fsp3) is 0.267. The number of benzene rings is 1. The molecule has 2 aromatic rings. The van der Waals surface area contributed by atoms with E-state index < -0.39 is 0 Å². The van der Waals surface area contributed by atoms with E-state index in [-0.39, 0.29) is 11.8 Å². The standard InChI is InChI=1S/C15H18N4O/c1-9(2)11-5-4-6-12(8-11)20-15-18-10(3)7-13(19-15)14(16)17/h4-9H,1-3H3,(H3,16,17). The van der Waals surface area contributed by atoms with Gasteiger partial charge in [-0.25, -0.2) is 4.98 Å². The fourth-order valence-electron chi connectivity index (χ4n) is 1.77. The van der Waals surface area contributed by atoms with E-state index in [0.29, 0.717) is 23.1 Å². The van der Waals surface area contributed by atoms with E-state index in [1.54, 1.807) is 6.07 Å². The summed E-state index contributed by atoms with van der Waals surface area (Å²) in [5.41, 5.74) is 7.71. The molecule has 104 valence electrons. The SMILES string of the molecule is Cc1cc(C(=N)N)nc(Oc2cccc(C(C)C)c2)n1. The van der Waals surface area contributed by atoms with Crippen LogP contribution in [0.2, 0.25) is 0 Å². The highest BCUT2D eigenvalue weighted by atomic mass is 16.5. The lowest BCUT2D eigenvalue weighted by molar-refractivity contribution is 0.439. The highest BCUT2D eigenvalue weighted by Gasteiger charge is 2.08. The van der Waals surface area contributed by atoms with Gasteiger partial charge in [-0.2, -0.15) is 4.98 Å². The molecular formula is C15H18N4O. The number of ether oxygens (including phenoxy) is 1. The van der Waals surface area contributed by atoms with Crippen LogP contribution < -0.4 is 10.5 Å². The van der Waals surface area contributed by atoms with Crippen LogP contribution in [0.1, 0.15) is 36.7 Å². The van der Waals surface area contributed by atoms with Crippen molar-refractivity contribution in [3.63, 3.8) is 0 Å². The Morgan fingerprint density at radius 1 is 1.25 bits per heavy atom. The summed E-state index contributed by atoms with van der Waals surface area (Å²) in [6.45, 7) is 6.05. The van der Waals surface area contributed by atoms with Gasteiger partial charge in [0, 0.05) is 5.69 Å². The van der Waals surface area contributed by atoms with Crippen LogP contribution >= 0.6 is 0 Å². The predicted molar refractivity (Wildman–Crippen MR) is 78.4 cm³/mol. The highest BCUT2D eigenvalue weighted by molar-refractivity contribution is 5.93. The van der Waals surface area contributed by atoms with Gasteiger partial charge in [-0.15, -0.1) is 0 Å². The van der Waals surface area contributed by atoms with E-state index in [1.807, 2.05) is 25.1 Å². The molecule has 0 amide bonds. The first kappa shape index (κ1) is 14.0. The van der Waals surface area contributed by atoms with Crippen LogP contribution in [0.15, 0.2) is 30.3 Å². The summed E-state index contributed by atoms with van der Waals surface area (Å²) in [6.07, 6.45) is 0. The third-order valence-corrected chi connectivity index (χ3v) is 2.84. The third kappa shape index (κ3) is 3.32. The Labute approximate surface area is 118 Å². The molecular weight excluding hydrogens is 252 g/mol. The van der Waals surface area contributed by atoms with Crippen molar-refractivity contribution in [3.8, 4) is 11.8 Å². The molecule has 0 unspecified atom stereocenters. The average molecular weight is 270 g/mol. The molecule has 5 nitrogen and oxygen atoms in total. The van der Waals surface area contributed by atoms with Crippen LogP contribution in [0, 0.1) is 12.3 Å². The first-order valence-electron chi connectivity index (χ1n) is 6.43. The van der Waals surface area contributed by atoms with Crippen molar-refractivity contribution in [1.82, 2.24) is 9.97 Å². The van der Waals surface area contributed by atoms with Crippen molar-refractivity contribution in [2.75, 3.05) is 0 Å². The van der Waals surface area contributed by atoms with Crippen LogP contribution in [0.4, 0.5) is 0 Å². The zero-order valence-corrected chi connectivity index (χ0v) is 11.8. The number of nitrogens with zero attached hydrogens (tertiary/aromatic N) is 2. The van der Waals surface area contributed by atoms with E-state index in [0.717, 1.165) is 0 Å². The number of aryl methyl sites for hydroxylation is 1. The number of nitrogens with two attached hydrogens (primary N) is 1.